The number of carbonyl (C=O) groups is 1. The molecule has 0 spiro atoms. The lowest BCUT2D eigenvalue weighted by atomic mass is 9.99. The van der Waals surface area contributed by atoms with E-state index in [4.69, 9.17) is 0 Å². The fraction of sp³-hybridized carbons (Fsp3) is 0.550. The maximum absolute atomic E-state index is 12.9. The van der Waals surface area contributed by atoms with E-state index < -0.39 is 0 Å². The van der Waals surface area contributed by atoms with Crippen LogP contribution < -0.4 is 5.56 Å². The van der Waals surface area contributed by atoms with Gasteiger partial charge in [-0.1, -0.05) is 44.2 Å². The quantitative estimate of drug-likeness (QED) is 0.574. The minimum Gasteiger partial charge on any atom is -0.342 e. The van der Waals surface area contributed by atoms with E-state index in [1.165, 1.54) is 11.8 Å². The Labute approximate surface area is 158 Å². The second-order valence-corrected chi connectivity index (χ2v) is 8.02. The summed E-state index contributed by atoms with van der Waals surface area (Å²) in [6.45, 7) is 6.67. The monoisotopic (exact) mass is 373 g/mol. The van der Waals surface area contributed by atoms with E-state index in [2.05, 4.69) is 18.8 Å². The lowest BCUT2D eigenvalue weighted by molar-refractivity contribution is -0.129. The van der Waals surface area contributed by atoms with E-state index >= 15 is 0 Å². The van der Waals surface area contributed by atoms with Crippen molar-refractivity contribution in [1.82, 2.24) is 14.5 Å². The normalized spacial score (nSPS) is 15.5. The SMILES string of the molecule is CCCCn1c(SCC(=O)N2CCC(C)CC2)nc2ccccc2c1=O. The molecule has 26 heavy (non-hydrogen) atoms. The molecule has 1 saturated heterocycles. The Morgan fingerprint density at radius 1 is 1.27 bits per heavy atom. The van der Waals surface area contributed by atoms with Gasteiger partial charge in [-0.2, -0.15) is 0 Å². The predicted octanol–water partition coefficient (Wildman–Crippen LogP) is 3.55. The number of nitrogens with zero attached hydrogens (tertiary/aromatic N) is 3. The molecular weight excluding hydrogens is 346 g/mol. The maximum atomic E-state index is 12.9. The van der Waals surface area contributed by atoms with Crippen LogP contribution in [0.3, 0.4) is 0 Å². The first-order chi connectivity index (χ1) is 12.6. The Hall–Kier alpha value is -1.82. The summed E-state index contributed by atoms with van der Waals surface area (Å²) >= 11 is 1.39. The number of thioether (sulfide) groups is 1. The fourth-order valence-corrected chi connectivity index (χ4v) is 4.17. The van der Waals surface area contributed by atoms with Crippen molar-refractivity contribution in [3.8, 4) is 0 Å². The molecule has 0 aliphatic carbocycles. The third kappa shape index (κ3) is 4.29. The Morgan fingerprint density at radius 3 is 2.73 bits per heavy atom. The average molecular weight is 374 g/mol. The molecule has 2 heterocycles. The number of likely N-dealkylation sites (tertiary alicyclic amines) is 1. The van der Waals surface area contributed by atoms with Gasteiger partial charge >= 0.3 is 0 Å². The van der Waals surface area contributed by atoms with E-state index in [0.29, 0.717) is 34.3 Å². The number of carbonyl (C=O) groups excluding carboxylic acids is 1. The Bertz CT molecular complexity index is 825. The van der Waals surface area contributed by atoms with Crippen LogP contribution in [-0.2, 0) is 11.3 Å². The molecule has 0 unspecified atom stereocenters. The third-order valence-electron chi connectivity index (χ3n) is 5.02. The van der Waals surface area contributed by atoms with Gasteiger partial charge in [-0.05, 0) is 37.3 Å². The molecule has 0 radical (unpaired) electrons. The van der Waals surface area contributed by atoms with Crippen molar-refractivity contribution in [3.05, 3.63) is 34.6 Å². The maximum Gasteiger partial charge on any atom is 0.262 e. The number of para-hydroxylation sites is 1. The van der Waals surface area contributed by atoms with Gasteiger partial charge in [0.15, 0.2) is 5.16 Å². The van der Waals surface area contributed by atoms with Gasteiger partial charge in [0.2, 0.25) is 5.91 Å². The summed E-state index contributed by atoms with van der Waals surface area (Å²) in [5.41, 5.74) is 0.692. The summed E-state index contributed by atoms with van der Waals surface area (Å²) in [4.78, 5) is 32.0. The minimum atomic E-state index is -0.00852. The molecule has 3 rings (SSSR count). The van der Waals surface area contributed by atoms with Crippen LogP contribution in [0.4, 0.5) is 0 Å². The molecule has 5 nitrogen and oxygen atoms in total. The summed E-state index contributed by atoms with van der Waals surface area (Å²) in [5, 5.41) is 1.30. The van der Waals surface area contributed by atoms with Crippen molar-refractivity contribution < 1.29 is 4.79 Å². The van der Waals surface area contributed by atoms with Crippen LogP contribution in [0.1, 0.15) is 39.5 Å². The molecule has 0 saturated carbocycles. The van der Waals surface area contributed by atoms with Crippen LogP contribution in [0.15, 0.2) is 34.2 Å². The van der Waals surface area contributed by atoms with Gasteiger partial charge in [-0.15, -0.1) is 0 Å². The van der Waals surface area contributed by atoms with Crippen LogP contribution in [0.25, 0.3) is 10.9 Å². The number of unbranched alkanes of at least 4 members (excludes halogenated alkanes) is 1. The molecule has 140 valence electrons. The zero-order valence-electron chi connectivity index (χ0n) is 15.6. The first kappa shape index (κ1) is 19.0. The summed E-state index contributed by atoms with van der Waals surface area (Å²) in [5.74, 6) is 1.19. The van der Waals surface area contributed by atoms with E-state index in [0.717, 1.165) is 38.8 Å². The molecule has 1 amide bonds. The molecular formula is C20H27N3O2S. The molecule has 1 aliphatic rings. The van der Waals surface area contributed by atoms with Crippen LogP contribution >= 0.6 is 11.8 Å². The highest BCUT2D eigenvalue weighted by atomic mass is 32.2. The van der Waals surface area contributed by atoms with Crippen molar-refractivity contribution in [3.63, 3.8) is 0 Å². The van der Waals surface area contributed by atoms with Crippen LogP contribution in [-0.4, -0.2) is 39.2 Å². The highest BCUT2D eigenvalue weighted by Crippen LogP contribution is 2.21. The van der Waals surface area contributed by atoms with Gasteiger partial charge in [-0.25, -0.2) is 4.98 Å². The van der Waals surface area contributed by atoms with Gasteiger partial charge in [0.1, 0.15) is 0 Å². The van der Waals surface area contributed by atoms with Gasteiger partial charge in [0.25, 0.3) is 5.56 Å². The largest absolute Gasteiger partial charge is 0.342 e. The van der Waals surface area contributed by atoms with Crippen molar-refractivity contribution in [2.45, 2.75) is 51.2 Å². The first-order valence-corrected chi connectivity index (χ1v) is 10.5. The summed E-state index contributed by atoms with van der Waals surface area (Å²) in [6.07, 6.45) is 4.08. The molecule has 6 heteroatoms. The molecule has 1 fully saturated rings. The number of aromatic nitrogens is 2. The molecule has 0 atom stereocenters. The number of rotatable bonds is 6. The first-order valence-electron chi connectivity index (χ1n) is 9.50. The molecule has 0 bridgehead atoms. The number of hydrogen-bond acceptors (Lipinski definition) is 4. The van der Waals surface area contributed by atoms with Crippen molar-refractivity contribution >= 4 is 28.6 Å². The van der Waals surface area contributed by atoms with Crippen molar-refractivity contribution in [2.24, 2.45) is 5.92 Å². The average Bonchev–Trinajstić information content (AvgIpc) is 2.66. The molecule has 0 N–H and O–H groups in total. The molecule has 1 aliphatic heterocycles. The lowest BCUT2D eigenvalue weighted by Crippen LogP contribution is -2.39. The zero-order chi connectivity index (χ0) is 18.5. The Morgan fingerprint density at radius 2 is 2.00 bits per heavy atom. The minimum absolute atomic E-state index is 0.00852. The van der Waals surface area contributed by atoms with Crippen LogP contribution in [0.5, 0.6) is 0 Å². The smallest absolute Gasteiger partial charge is 0.262 e. The second kappa shape index (κ2) is 8.71. The van der Waals surface area contributed by atoms with Crippen molar-refractivity contribution in [1.29, 1.82) is 0 Å². The fourth-order valence-electron chi connectivity index (χ4n) is 3.25. The molecule has 1 aromatic carbocycles. The third-order valence-corrected chi connectivity index (χ3v) is 5.98. The number of benzene rings is 1. The van der Waals surface area contributed by atoms with Crippen LogP contribution in [0.2, 0.25) is 0 Å². The van der Waals surface area contributed by atoms with E-state index in [9.17, 15) is 9.59 Å². The molecule has 2 aromatic rings. The summed E-state index contributed by atoms with van der Waals surface area (Å²) in [7, 11) is 0. The summed E-state index contributed by atoms with van der Waals surface area (Å²) < 4.78 is 1.74. The predicted molar refractivity (Wildman–Crippen MR) is 107 cm³/mol. The number of hydrogen-bond donors (Lipinski definition) is 0. The van der Waals surface area contributed by atoms with Crippen molar-refractivity contribution in [2.75, 3.05) is 18.8 Å². The summed E-state index contributed by atoms with van der Waals surface area (Å²) in [6, 6.07) is 7.43. The number of fused-ring (bicyclic) bond motifs is 1. The highest BCUT2D eigenvalue weighted by Gasteiger charge is 2.21. The number of amides is 1. The standard InChI is InChI=1S/C20H27N3O2S/c1-3-4-11-23-19(25)16-7-5-6-8-17(16)21-20(23)26-14-18(24)22-12-9-15(2)10-13-22/h5-8,15H,3-4,9-14H2,1-2H3. The Balaban J connectivity index is 1.79. The van der Waals surface area contributed by atoms with Gasteiger partial charge < -0.3 is 4.90 Å². The van der Waals surface area contributed by atoms with Gasteiger partial charge in [0, 0.05) is 19.6 Å². The number of piperidine rings is 1. The van der Waals surface area contributed by atoms with Gasteiger partial charge in [0.05, 0.1) is 16.7 Å². The van der Waals surface area contributed by atoms with E-state index in [-0.39, 0.29) is 11.5 Å². The van der Waals surface area contributed by atoms with E-state index in [1.807, 2.05) is 29.2 Å². The topological polar surface area (TPSA) is 55.2 Å². The van der Waals surface area contributed by atoms with Gasteiger partial charge in [-0.3, -0.25) is 14.2 Å². The Kier molecular flexibility index (Phi) is 6.35. The second-order valence-electron chi connectivity index (χ2n) is 7.07. The highest BCUT2D eigenvalue weighted by molar-refractivity contribution is 7.99. The van der Waals surface area contributed by atoms with Crippen LogP contribution in [0, 0.1) is 5.92 Å². The molecule has 1 aromatic heterocycles. The zero-order valence-corrected chi connectivity index (χ0v) is 16.4. The lowest BCUT2D eigenvalue weighted by Gasteiger charge is -2.30. The van der Waals surface area contributed by atoms with E-state index in [1.54, 1.807) is 4.57 Å².